The predicted molar refractivity (Wildman–Crippen MR) is 138 cm³/mol. The van der Waals surface area contributed by atoms with Gasteiger partial charge in [-0.15, -0.1) is 0 Å². The molecule has 1 saturated carbocycles. The molecule has 2 aromatic carbocycles. The van der Waals surface area contributed by atoms with E-state index in [0.29, 0.717) is 18.0 Å². The molecule has 188 valence electrons. The Morgan fingerprint density at radius 3 is 2.50 bits per heavy atom. The minimum Gasteiger partial charge on any atom is -0.497 e. The topological polar surface area (TPSA) is 82.1 Å². The summed E-state index contributed by atoms with van der Waals surface area (Å²) in [5.41, 5.74) is 2.68. The van der Waals surface area contributed by atoms with Gasteiger partial charge < -0.3 is 25.0 Å². The maximum Gasteiger partial charge on any atom is 0.322 e. The van der Waals surface area contributed by atoms with Gasteiger partial charge in [-0.05, 0) is 60.7 Å². The average Bonchev–Trinajstić information content (AvgIpc) is 3.40. The number of piperazine rings is 1. The van der Waals surface area contributed by atoms with Crippen molar-refractivity contribution in [3.05, 3.63) is 59.7 Å². The van der Waals surface area contributed by atoms with Gasteiger partial charge >= 0.3 is 6.03 Å². The lowest BCUT2D eigenvalue weighted by Gasteiger charge is -2.58. The molecular weight excluding hydrogens is 454 g/mol. The van der Waals surface area contributed by atoms with Crippen molar-refractivity contribution in [3.63, 3.8) is 0 Å². The molecule has 2 aromatic rings. The fraction of sp³-hybridized carbons (Fsp3) is 0.448. The van der Waals surface area contributed by atoms with E-state index in [1.54, 1.807) is 41.2 Å². The summed E-state index contributed by atoms with van der Waals surface area (Å²) in [6.45, 7) is 0.308. The van der Waals surface area contributed by atoms with Crippen molar-refractivity contribution in [2.75, 3.05) is 32.1 Å². The Kier molecular flexibility index (Phi) is 7.15. The van der Waals surface area contributed by atoms with Gasteiger partial charge in [0.25, 0.3) is 0 Å². The maximum atomic E-state index is 12.9. The van der Waals surface area contributed by atoms with Crippen LogP contribution in [0.15, 0.2) is 48.5 Å². The number of rotatable bonds is 5. The van der Waals surface area contributed by atoms with Crippen molar-refractivity contribution in [2.45, 2.75) is 50.1 Å². The Balaban J connectivity index is 1.25. The molecule has 3 fully saturated rings. The highest BCUT2D eigenvalue weighted by Crippen LogP contribution is 2.43. The molecular formula is C29H33N3O4. The quantitative estimate of drug-likeness (QED) is 0.628. The van der Waals surface area contributed by atoms with E-state index in [-0.39, 0.29) is 43.1 Å². The number of hydrogen-bond donors (Lipinski definition) is 2. The van der Waals surface area contributed by atoms with Crippen molar-refractivity contribution in [1.29, 1.82) is 0 Å². The number of methoxy groups -OCH3 is 1. The van der Waals surface area contributed by atoms with Gasteiger partial charge in [0.05, 0.1) is 25.8 Å². The van der Waals surface area contributed by atoms with Crippen molar-refractivity contribution in [2.24, 2.45) is 5.92 Å². The van der Waals surface area contributed by atoms with Gasteiger partial charge in [-0.2, -0.15) is 0 Å². The molecule has 2 N–H and O–H groups in total. The first-order chi connectivity index (χ1) is 17.6. The SMILES string of the molecule is COc1ccc(NC(=O)N2CC(=O)N3[C@H](CO)[C@@H](c4ccc(C#CCC5CCCC5)cc4)[C@H]3C2)cc1. The van der Waals surface area contributed by atoms with Gasteiger partial charge in [0.2, 0.25) is 5.91 Å². The number of ether oxygens (including phenoxy) is 1. The number of aliphatic hydroxyl groups is 1. The summed E-state index contributed by atoms with van der Waals surface area (Å²) in [7, 11) is 1.59. The first kappa shape index (κ1) is 24.2. The Morgan fingerprint density at radius 2 is 1.83 bits per heavy atom. The smallest absolute Gasteiger partial charge is 0.322 e. The molecule has 7 nitrogen and oxygen atoms in total. The summed E-state index contributed by atoms with van der Waals surface area (Å²) >= 11 is 0. The van der Waals surface area contributed by atoms with Crippen LogP contribution >= 0.6 is 0 Å². The number of anilines is 1. The molecule has 36 heavy (non-hydrogen) atoms. The Bertz CT molecular complexity index is 1150. The van der Waals surface area contributed by atoms with Gasteiger partial charge in [0, 0.05) is 30.1 Å². The minimum absolute atomic E-state index is 0.00275. The molecule has 0 bridgehead atoms. The molecule has 7 heteroatoms. The minimum atomic E-state index is -0.313. The van der Waals surface area contributed by atoms with Crippen LogP contribution in [0.1, 0.15) is 49.1 Å². The van der Waals surface area contributed by atoms with E-state index in [1.165, 1.54) is 25.7 Å². The van der Waals surface area contributed by atoms with E-state index in [9.17, 15) is 14.7 Å². The van der Waals surface area contributed by atoms with Crippen LogP contribution < -0.4 is 10.1 Å². The third kappa shape index (κ3) is 4.91. The van der Waals surface area contributed by atoms with Gasteiger partial charge in [-0.3, -0.25) is 4.79 Å². The molecule has 2 saturated heterocycles. The lowest BCUT2D eigenvalue weighted by molar-refractivity contribution is -0.159. The molecule has 3 atom stereocenters. The Labute approximate surface area is 212 Å². The second kappa shape index (κ2) is 10.6. The predicted octanol–water partition coefficient (Wildman–Crippen LogP) is 3.83. The number of benzene rings is 2. The lowest BCUT2D eigenvalue weighted by Crippen LogP contribution is -2.73. The molecule has 0 radical (unpaired) electrons. The van der Waals surface area contributed by atoms with E-state index >= 15 is 0 Å². The number of amides is 3. The first-order valence-corrected chi connectivity index (χ1v) is 12.8. The van der Waals surface area contributed by atoms with Crippen molar-refractivity contribution in [3.8, 4) is 17.6 Å². The van der Waals surface area contributed by atoms with Gasteiger partial charge in [0.1, 0.15) is 12.3 Å². The number of carbonyl (C=O) groups is 2. The molecule has 2 heterocycles. The summed E-state index contributed by atoms with van der Waals surface area (Å²) < 4.78 is 5.16. The van der Waals surface area contributed by atoms with E-state index < -0.39 is 0 Å². The third-order valence-corrected chi connectivity index (χ3v) is 7.77. The van der Waals surface area contributed by atoms with Crippen LogP contribution in [0.2, 0.25) is 0 Å². The lowest BCUT2D eigenvalue weighted by atomic mass is 9.73. The number of nitrogens with one attached hydrogen (secondary N) is 1. The maximum absolute atomic E-state index is 12.9. The van der Waals surface area contributed by atoms with Crippen LogP contribution in [0.25, 0.3) is 0 Å². The molecule has 1 aliphatic carbocycles. The number of urea groups is 1. The number of hydrogen-bond acceptors (Lipinski definition) is 4. The second-order valence-corrected chi connectivity index (χ2v) is 9.96. The molecule has 0 spiro atoms. The van der Waals surface area contributed by atoms with Crippen molar-refractivity contribution >= 4 is 17.6 Å². The van der Waals surface area contributed by atoms with Gasteiger partial charge in [0.15, 0.2) is 0 Å². The largest absolute Gasteiger partial charge is 0.497 e. The zero-order chi connectivity index (χ0) is 25.1. The highest BCUT2D eigenvalue weighted by atomic mass is 16.5. The van der Waals surface area contributed by atoms with Crippen LogP contribution in [0.3, 0.4) is 0 Å². The van der Waals surface area contributed by atoms with Crippen molar-refractivity contribution in [1.82, 2.24) is 9.80 Å². The number of carbonyl (C=O) groups excluding carboxylic acids is 2. The zero-order valence-corrected chi connectivity index (χ0v) is 20.7. The van der Waals surface area contributed by atoms with E-state index in [2.05, 4.69) is 17.2 Å². The summed E-state index contributed by atoms with van der Waals surface area (Å²) in [5.74, 6) is 7.90. The van der Waals surface area contributed by atoms with Gasteiger partial charge in [-0.25, -0.2) is 4.79 Å². The molecule has 0 unspecified atom stereocenters. The summed E-state index contributed by atoms with van der Waals surface area (Å²) in [5, 5.41) is 12.9. The van der Waals surface area contributed by atoms with Crippen LogP contribution in [0.5, 0.6) is 5.75 Å². The molecule has 0 aromatic heterocycles. The van der Waals surface area contributed by atoms with E-state index in [0.717, 1.165) is 23.5 Å². The first-order valence-electron chi connectivity index (χ1n) is 12.8. The number of nitrogens with zero attached hydrogens (tertiary/aromatic N) is 2. The van der Waals surface area contributed by atoms with Crippen LogP contribution in [-0.2, 0) is 4.79 Å². The fourth-order valence-electron chi connectivity index (χ4n) is 5.83. The monoisotopic (exact) mass is 487 g/mol. The Hall–Kier alpha value is -3.50. The summed E-state index contributed by atoms with van der Waals surface area (Å²) in [4.78, 5) is 29.1. The number of fused-ring (bicyclic) bond motifs is 1. The fourth-order valence-corrected chi connectivity index (χ4v) is 5.83. The highest BCUT2D eigenvalue weighted by molar-refractivity contribution is 5.93. The molecule has 2 aliphatic heterocycles. The second-order valence-electron chi connectivity index (χ2n) is 9.96. The van der Waals surface area contributed by atoms with Crippen LogP contribution in [0.4, 0.5) is 10.5 Å². The van der Waals surface area contributed by atoms with E-state index in [4.69, 9.17) is 4.74 Å². The Morgan fingerprint density at radius 1 is 1.11 bits per heavy atom. The summed E-state index contributed by atoms with van der Waals surface area (Å²) in [6.07, 6.45) is 6.21. The molecule has 3 aliphatic rings. The highest BCUT2D eigenvalue weighted by Gasteiger charge is 2.54. The van der Waals surface area contributed by atoms with Gasteiger partial charge in [-0.1, -0.05) is 36.8 Å². The molecule has 3 amide bonds. The van der Waals surface area contributed by atoms with E-state index in [1.807, 2.05) is 24.3 Å². The molecule has 5 rings (SSSR count). The zero-order valence-electron chi connectivity index (χ0n) is 20.7. The normalized spacial score (nSPS) is 23.4. The van der Waals surface area contributed by atoms with Crippen LogP contribution in [0, 0.1) is 17.8 Å². The average molecular weight is 488 g/mol. The van der Waals surface area contributed by atoms with Crippen LogP contribution in [-0.4, -0.2) is 65.7 Å². The summed E-state index contributed by atoms with van der Waals surface area (Å²) in [6, 6.07) is 14.5. The van der Waals surface area contributed by atoms with Crippen molar-refractivity contribution < 1.29 is 19.4 Å². The third-order valence-electron chi connectivity index (χ3n) is 7.77. The standard InChI is InChI=1S/C29H33N3O4/c1-36-24-15-13-23(14-16-24)30-29(35)31-17-25-28(26(19-33)32(25)27(34)18-31)22-11-9-21(10-12-22)8-4-7-20-5-2-3-6-20/h9-16,20,25-26,28,33H,2-3,5-7,17-19H2,1H3,(H,30,35)/t25-,26-,28+/m1/s1. The number of aliphatic hydroxyl groups excluding tert-OH is 1.